The lowest BCUT2D eigenvalue weighted by Gasteiger charge is -2.06. The Labute approximate surface area is 108 Å². The van der Waals surface area contributed by atoms with Gasteiger partial charge in [0.2, 0.25) is 0 Å². The van der Waals surface area contributed by atoms with Crippen molar-refractivity contribution in [2.45, 2.75) is 32.8 Å². The molecule has 0 radical (unpaired) electrons. The minimum Gasteiger partial charge on any atom is -0.392 e. The van der Waals surface area contributed by atoms with Gasteiger partial charge in [-0.05, 0) is 18.4 Å². The highest BCUT2D eigenvalue weighted by Crippen LogP contribution is 2.09. The van der Waals surface area contributed by atoms with E-state index in [0.29, 0.717) is 0 Å². The van der Waals surface area contributed by atoms with Crippen molar-refractivity contribution in [2.75, 3.05) is 0 Å². The van der Waals surface area contributed by atoms with Gasteiger partial charge in [0.15, 0.2) is 0 Å². The number of aryl methyl sites for hydroxylation is 3. The normalized spacial score (nSPS) is 10.6. The second kappa shape index (κ2) is 6.26. The van der Waals surface area contributed by atoms with E-state index in [1.807, 2.05) is 25.1 Å². The Bertz CT molecular complexity index is 497. The van der Waals surface area contributed by atoms with Gasteiger partial charge in [-0.3, -0.25) is 0 Å². The lowest BCUT2D eigenvalue weighted by molar-refractivity contribution is 0.279. The average Bonchev–Trinajstić information content (AvgIpc) is 2.45. The number of aromatic nitrogens is 2. The third kappa shape index (κ3) is 3.14. The first-order valence-electron chi connectivity index (χ1n) is 6.32. The molecule has 1 aromatic heterocycles. The van der Waals surface area contributed by atoms with Crippen molar-refractivity contribution in [1.29, 1.82) is 0 Å². The summed E-state index contributed by atoms with van der Waals surface area (Å²) in [6.07, 6.45) is 4.36. The summed E-state index contributed by atoms with van der Waals surface area (Å²) in [5.41, 5.74) is 3.09. The zero-order chi connectivity index (χ0) is 12.8. The number of nitrogens with zero attached hydrogens (tertiary/aromatic N) is 2. The fourth-order valence-corrected chi connectivity index (χ4v) is 1.94. The molecule has 3 nitrogen and oxygen atoms in total. The maximum absolute atomic E-state index is 9.17. The molecule has 0 amide bonds. The SMILES string of the molecule is CCc1nc(CCc2ccccc2)ncc1CO. The summed E-state index contributed by atoms with van der Waals surface area (Å²) in [7, 11) is 0. The highest BCUT2D eigenvalue weighted by atomic mass is 16.3. The van der Waals surface area contributed by atoms with Crippen LogP contribution in [0.2, 0.25) is 0 Å². The van der Waals surface area contributed by atoms with Crippen LogP contribution in [0.25, 0.3) is 0 Å². The molecule has 1 N–H and O–H groups in total. The van der Waals surface area contributed by atoms with Gasteiger partial charge in [-0.25, -0.2) is 9.97 Å². The molecule has 3 heteroatoms. The van der Waals surface area contributed by atoms with Crippen molar-refractivity contribution >= 4 is 0 Å². The van der Waals surface area contributed by atoms with E-state index >= 15 is 0 Å². The maximum atomic E-state index is 9.17. The van der Waals surface area contributed by atoms with Gasteiger partial charge >= 0.3 is 0 Å². The summed E-state index contributed by atoms with van der Waals surface area (Å²) >= 11 is 0. The number of hydrogen-bond acceptors (Lipinski definition) is 3. The van der Waals surface area contributed by atoms with Gasteiger partial charge < -0.3 is 5.11 Å². The highest BCUT2D eigenvalue weighted by Gasteiger charge is 2.05. The summed E-state index contributed by atoms with van der Waals surface area (Å²) < 4.78 is 0. The molecule has 2 aromatic rings. The van der Waals surface area contributed by atoms with Crippen molar-refractivity contribution in [1.82, 2.24) is 9.97 Å². The Kier molecular flexibility index (Phi) is 4.42. The number of benzene rings is 1. The molecule has 0 fully saturated rings. The molecule has 94 valence electrons. The number of aliphatic hydroxyl groups is 1. The third-order valence-corrected chi connectivity index (χ3v) is 2.99. The molecular formula is C15H18N2O. The Hall–Kier alpha value is -1.74. The Morgan fingerprint density at radius 1 is 1.11 bits per heavy atom. The van der Waals surface area contributed by atoms with Gasteiger partial charge in [0, 0.05) is 23.9 Å². The average molecular weight is 242 g/mol. The molecule has 0 atom stereocenters. The molecule has 1 heterocycles. The van der Waals surface area contributed by atoms with Crippen molar-refractivity contribution in [3.63, 3.8) is 0 Å². The number of aliphatic hydroxyl groups excluding tert-OH is 1. The van der Waals surface area contributed by atoms with Crippen molar-refractivity contribution < 1.29 is 5.11 Å². The summed E-state index contributed by atoms with van der Waals surface area (Å²) in [5.74, 6) is 0.855. The van der Waals surface area contributed by atoms with Crippen LogP contribution in [0.1, 0.15) is 29.6 Å². The summed E-state index contributed by atoms with van der Waals surface area (Å²) in [6.45, 7) is 2.06. The fourth-order valence-electron chi connectivity index (χ4n) is 1.94. The fraction of sp³-hybridized carbons (Fsp3) is 0.333. The zero-order valence-corrected chi connectivity index (χ0v) is 10.6. The maximum Gasteiger partial charge on any atom is 0.128 e. The van der Waals surface area contributed by atoms with E-state index in [2.05, 4.69) is 22.1 Å². The van der Waals surface area contributed by atoms with Crippen LogP contribution in [0.4, 0.5) is 0 Å². The molecule has 0 saturated carbocycles. The standard InChI is InChI=1S/C15H18N2O/c1-2-14-13(11-18)10-16-15(17-14)9-8-12-6-4-3-5-7-12/h3-7,10,18H,2,8-9,11H2,1H3. The van der Waals surface area contributed by atoms with E-state index in [4.69, 9.17) is 5.11 Å². The van der Waals surface area contributed by atoms with Crippen LogP contribution in [-0.2, 0) is 25.9 Å². The molecule has 0 bridgehead atoms. The van der Waals surface area contributed by atoms with E-state index in [1.54, 1.807) is 6.20 Å². The monoisotopic (exact) mass is 242 g/mol. The zero-order valence-electron chi connectivity index (χ0n) is 10.6. The van der Waals surface area contributed by atoms with Gasteiger partial charge in [-0.1, -0.05) is 37.3 Å². The van der Waals surface area contributed by atoms with Crippen LogP contribution in [0, 0.1) is 0 Å². The molecule has 0 aliphatic rings. The molecular weight excluding hydrogens is 224 g/mol. The number of rotatable bonds is 5. The van der Waals surface area contributed by atoms with Gasteiger partial charge in [0.25, 0.3) is 0 Å². The van der Waals surface area contributed by atoms with Gasteiger partial charge in [-0.2, -0.15) is 0 Å². The lowest BCUT2D eigenvalue weighted by atomic mass is 10.1. The molecule has 0 unspecified atom stereocenters. The van der Waals surface area contributed by atoms with Crippen LogP contribution < -0.4 is 0 Å². The minimum absolute atomic E-state index is 0.0160. The van der Waals surface area contributed by atoms with Gasteiger partial charge in [0.1, 0.15) is 5.82 Å². The largest absolute Gasteiger partial charge is 0.392 e. The van der Waals surface area contributed by atoms with Crippen LogP contribution >= 0.6 is 0 Å². The van der Waals surface area contributed by atoms with Crippen molar-refractivity contribution in [3.8, 4) is 0 Å². The van der Waals surface area contributed by atoms with E-state index in [9.17, 15) is 0 Å². The second-order valence-corrected chi connectivity index (χ2v) is 4.26. The molecule has 0 aliphatic heterocycles. The van der Waals surface area contributed by atoms with E-state index in [-0.39, 0.29) is 6.61 Å². The van der Waals surface area contributed by atoms with Crippen molar-refractivity contribution in [2.24, 2.45) is 0 Å². The van der Waals surface area contributed by atoms with Crippen LogP contribution in [0.3, 0.4) is 0 Å². The first-order chi connectivity index (χ1) is 8.83. The third-order valence-electron chi connectivity index (χ3n) is 2.99. The highest BCUT2D eigenvalue weighted by molar-refractivity contribution is 5.18. The van der Waals surface area contributed by atoms with Crippen molar-refractivity contribution in [3.05, 3.63) is 59.2 Å². The summed E-state index contributed by atoms with van der Waals surface area (Å²) in [6, 6.07) is 10.3. The summed E-state index contributed by atoms with van der Waals surface area (Å²) in [4.78, 5) is 8.81. The minimum atomic E-state index is 0.0160. The van der Waals surface area contributed by atoms with E-state index in [1.165, 1.54) is 5.56 Å². The topological polar surface area (TPSA) is 46.0 Å². The quantitative estimate of drug-likeness (QED) is 0.875. The first kappa shape index (κ1) is 12.7. The van der Waals surface area contributed by atoms with E-state index < -0.39 is 0 Å². The van der Waals surface area contributed by atoms with Crippen LogP contribution in [-0.4, -0.2) is 15.1 Å². The Morgan fingerprint density at radius 2 is 1.89 bits per heavy atom. The molecule has 0 spiro atoms. The van der Waals surface area contributed by atoms with Gasteiger partial charge in [0.05, 0.1) is 6.61 Å². The molecule has 18 heavy (non-hydrogen) atoms. The summed E-state index contributed by atoms with van der Waals surface area (Å²) in [5, 5.41) is 9.17. The van der Waals surface area contributed by atoms with Crippen LogP contribution in [0.15, 0.2) is 36.5 Å². The van der Waals surface area contributed by atoms with Gasteiger partial charge in [-0.15, -0.1) is 0 Å². The molecule has 1 aromatic carbocycles. The molecule has 2 rings (SSSR count). The van der Waals surface area contributed by atoms with Crippen LogP contribution in [0.5, 0.6) is 0 Å². The predicted octanol–water partition coefficient (Wildman–Crippen LogP) is 2.32. The molecule has 0 aliphatic carbocycles. The Balaban J connectivity index is 2.06. The smallest absolute Gasteiger partial charge is 0.128 e. The Morgan fingerprint density at radius 3 is 2.56 bits per heavy atom. The van der Waals surface area contributed by atoms with E-state index in [0.717, 1.165) is 36.3 Å². The number of hydrogen-bond donors (Lipinski definition) is 1. The second-order valence-electron chi connectivity index (χ2n) is 4.26. The lowest BCUT2D eigenvalue weighted by Crippen LogP contribution is -2.05. The molecule has 0 saturated heterocycles. The first-order valence-corrected chi connectivity index (χ1v) is 6.32. The predicted molar refractivity (Wildman–Crippen MR) is 71.2 cm³/mol.